The van der Waals surface area contributed by atoms with Crippen LogP contribution in [0.1, 0.15) is 0 Å². The van der Waals surface area contributed by atoms with Crippen LogP contribution in [0.15, 0.2) is 116 Å². The van der Waals surface area contributed by atoms with Crippen LogP contribution >= 0.6 is 0 Å². The van der Waals surface area contributed by atoms with Crippen molar-refractivity contribution >= 4 is 22.8 Å². The Balaban J connectivity index is 0.000000204. The molecule has 0 spiro atoms. The van der Waals surface area contributed by atoms with E-state index in [0.717, 1.165) is 45.6 Å². The second-order valence-electron chi connectivity index (χ2n) is 8.13. The van der Waals surface area contributed by atoms with Gasteiger partial charge in [0.15, 0.2) is 0 Å². The van der Waals surface area contributed by atoms with Crippen LogP contribution in [0.3, 0.4) is 0 Å². The summed E-state index contributed by atoms with van der Waals surface area (Å²) in [5.74, 6) is 2.04. The van der Waals surface area contributed by atoms with E-state index in [0.29, 0.717) is 23.0 Å². The Hall–Kier alpha value is -4.46. The fourth-order valence-corrected chi connectivity index (χ4v) is 3.92. The molecule has 5 aliphatic heterocycles. The minimum atomic E-state index is 0. The van der Waals surface area contributed by atoms with Gasteiger partial charge in [-0.25, -0.2) is 4.99 Å². The van der Waals surface area contributed by atoms with Gasteiger partial charge < -0.3 is 23.9 Å². The van der Waals surface area contributed by atoms with Gasteiger partial charge in [0.1, 0.15) is 0 Å². The number of methoxy groups -OCH3 is 4. The minimum absolute atomic E-state index is 0. The first-order chi connectivity index (χ1) is 18.6. The van der Waals surface area contributed by atoms with Crippen molar-refractivity contribution in [3.8, 4) is 23.0 Å². The average molecular weight is 559 g/mol. The summed E-state index contributed by atoms with van der Waals surface area (Å²) in [6.07, 6.45) is 24.7. The Morgan fingerprint density at radius 2 is 1.10 bits per heavy atom. The topological polar surface area (TPSA) is 86.4 Å². The molecule has 0 saturated carbocycles. The molecule has 0 saturated heterocycles. The van der Waals surface area contributed by atoms with E-state index >= 15 is 0 Å². The number of hydrogen-bond donors (Lipinski definition) is 0. The molecule has 0 amide bonds. The van der Waals surface area contributed by atoms with Crippen molar-refractivity contribution in [3.05, 3.63) is 108 Å². The Morgan fingerprint density at radius 1 is 0.564 bits per heavy atom. The van der Waals surface area contributed by atoms with Crippen molar-refractivity contribution in [2.45, 2.75) is 0 Å². The molecule has 8 bridgehead atoms. The summed E-state index contributed by atoms with van der Waals surface area (Å²) >= 11 is 0. The van der Waals surface area contributed by atoms with Gasteiger partial charge in [-0.2, -0.15) is 6.08 Å². The van der Waals surface area contributed by atoms with E-state index in [1.165, 1.54) is 7.11 Å². The molecule has 0 unspecified atom stereocenters. The van der Waals surface area contributed by atoms with E-state index < -0.39 is 0 Å². The zero-order chi connectivity index (χ0) is 26.5. The van der Waals surface area contributed by atoms with Gasteiger partial charge in [0.05, 0.1) is 80.0 Å². The molecule has 1 aromatic carbocycles. The molecule has 6 rings (SSSR count). The fourth-order valence-electron chi connectivity index (χ4n) is 3.92. The Morgan fingerprint density at radius 3 is 1.62 bits per heavy atom. The molecule has 0 fully saturated rings. The molecule has 0 aromatic heterocycles. The van der Waals surface area contributed by atoms with E-state index in [4.69, 9.17) is 18.9 Å². The van der Waals surface area contributed by atoms with Crippen molar-refractivity contribution in [2.24, 2.45) is 20.0 Å². The second kappa shape index (κ2) is 12.4. The van der Waals surface area contributed by atoms with Gasteiger partial charge in [-0.05, 0) is 54.3 Å². The molecule has 5 aliphatic rings. The van der Waals surface area contributed by atoms with Crippen LogP contribution in [0.25, 0.3) is 0 Å². The van der Waals surface area contributed by atoms with Crippen LogP contribution in [0, 0.1) is 12.1 Å². The molecule has 195 valence electrons. The third-order valence-electron chi connectivity index (χ3n) is 5.64. The van der Waals surface area contributed by atoms with Gasteiger partial charge in [-0.1, -0.05) is 11.8 Å². The van der Waals surface area contributed by atoms with Crippen molar-refractivity contribution < 1.29 is 36.0 Å². The normalized spacial score (nSPS) is 17.3. The quantitative estimate of drug-likeness (QED) is 0.388. The zero-order valence-electron chi connectivity index (χ0n) is 21.7. The number of rotatable bonds is 4. The van der Waals surface area contributed by atoms with Crippen molar-refractivity contribution in [1.29, 1.82) is 0 Å². The maximum absolute atomic E-state index is 5.15. The standard InChI is InChI=1S/C20H11N4.C10H13O4.Mn/c1-2-14-10-16-5-6-18(23-16)12-20-8-7-19(24-20)11-17-4-3-15(22-17)9-13(1)21-14;1-11-7-5-6-8(12-2)10(14-4)9(7)13-3;/h1-7,9-12H;5H,1-4H3;/q2*-1;+2. The predicted octanol–water partition coefficient (Wildman–Crippen LogP) is 4.90. The molecular weight excluding hydrogens is 535 g/mol. The van der Waals surface area contributed by atoms with E-state index in [1.807, 2.05) is 66.8 Å². The number of benzene rings is 1. The molecule has 1 aromatic rings. The Labute approximate surface area is 237 Å². The van der Waals surface area contributed by atoms with Gasteiger partial charge >= 0.3 is 17.1 Å². The fraction of sp³-hybridized carbons (Fsp3) is 0.133. The first-order valence-corrected chi connectivity index (χ1v) is 11.7. The van der Waals surface area contributed by atoms with Gasteiger partial charge in [0.25, 0.3) is 0 Å². The van der Waals surface area contributed by atoms with Crippen LogP contribution < -0.4 is 18.9 Å². The smallest absolute Gasteiger partial charge is 0.550 e. The predicted molar refractivity (Wildman–Crippen MR) is 149 cm³/mol. The van der Waals surface area contributed by atoms with E-state index in [2.05, 4.69) is 32.1 Å². The summed E-state index contributed by atoms with van der Waals surface area (Å²) in [5, 5.41) is 0. The number of ether oxygens (including phenoxy) is 4. The van der Waals surface area contributed by atoms with Crippen molar-refractivity contribution in [1.82, 2.24) is 0 Å². The first-order valence-electron chi connectivity index (χ1n) is 11.7. The summed E-state index contributed by atoms with van der Waals surface area (Å²) < 4.78 is 20.4. The molecule has 39 heavy (non-hydrogen) atoms. The molecule has 0 N–H and O–H groups in total. The van der Waals surface area contributed by atoms with Crippen molar-refractivity contribution in [3.63, 3.8) is 0 Å². The number of allylic oxidation sites excluding steroid dienone is 12. The van der Waals surface area contributed by atoms with Crippen molar-refractivity contribution in [2.75, 3.05) is 28.4 Å². The van der Waals surface area contributed by atoms with E-state index in [-0.39, 0.29) is 17.1 Å². The molecular formula is C30H24MnN4O4. The zero-order valence-corrected chi connectivity index (χ0v) is 22.9. The molecule has 0 aliphatic carbocycles. The SMILES string of the molecule is COc1[c-]cc(OC)c(OC)c1OC.[C-]1=CC2=NC1=CC1=NC(=CC3=NC(=CC4=NC(=C2)C=C4)C=C3)C=C1.[Mn+2]. The summed E-state index contributed by atoms with van der Waals surface area (Å²) in [6.45, 7) is 0. The number of hydrogen-bond acceptors (Lipinski definition) is 8. The van der Waals surface area contributed by atoms with Gasteiger partial charge in [0, 0.05) is 5.71 Å². The molecule has 8 nitrogen and oxygen atoms in total. The molecule has 9 heteroatoms. The Kier molecular flexibility index (Phi) is 8.76. The minimum Gasteiger partial charge on any atom is -0.550 e. The number of nitrogens with zero attached hydrogens (tertiary/aromatic N) is 4. The Bertz CT molecular complexity index is 1330. The molecule has 0 atom stereocenters. The maximum Gasteiger partial charge on any atom is 2.00 e. The van der Waals surface area contributed by atoms with Crippen LogP contribution in [-0.2, 0) is 17.1 Å². The second-order valence-corrected chi connectivity index (χ2v) is 8.13. The maximum atomic E-state index is 5.15. The summed E-state index contributed by atoms with van der Waals surface area (Å²) in [4.78, 5) is 18.3. The largest absolute Gasteiger partial charge is 2.00 e. The third-order valence-corrected chi connectivity index (χ3v) is 5.64. The third kappa shape index (κ3) is 6.34. The summed E-state index contributed by atoms with van der Waals surface area (Å²) in [7, 11) is 6.17. The van der Waals surface area contributed by atoms with E-state index in [9.17, 15) is 0 Å². The van der Waals surface area contributed by atoms with Gasteiger partial charge in [-0.3, -0.25) is 9.98 Å². The molecule has 5 heterocycles. The van der Waals surface area contributed by atoms with E-state index in [1.54, 1.807) is 27.4 Å². The van der Waals surface area contributed by atoms with Crippen LogP contribution in [0.5, 0.6) is 23.0 Å². The number of aliphatic imine (C=N–C) groups is 4. The van der Waals surface area contributed by atoms with Crippen LogP contribution in [-0.4, -0.2) is 51.3 Å². The average Bonchev–Trinajstić information content (AvgIpc) is 3.74. The van der Waals surface area contributed by atoms with Gasteiger partial charge in [-0.15, -0.1) is 24.3 Å². The summed E-state index contributed by atoms with van der Waals surface area (Å²) in [6, 6.07) is 4.52. The van der Waals surface area contributed by atoms with Crippen LogP contribution in [0.4, 0.5) is 0 Å². The monoisotopic (exact) mass is 559 g/mol. The number of fused-ring (bicyclic) bond motifs is 4. The molecule has 1 radical (unpaired) electrons. The van der Waals surface area contributed by atoms with Gasteiger partial charge in [0.2, 0.25) is 0 Å². The van der Waals surface area contributed by atoms with Crippen LogP contribution in [0.2, 0.25) is 0 Å². The first kappa shape index (κ1) is 27.6. The summed E-state index contributed by atoms with van der Waals surface area (Å²) in [5.41, 5.74) is 6.88.